The molecule has 1 saturated heterocycles. The van der Waals surface area contributed by atoms with Crippen LogP contribution in [0.5, 0.6) is 5.75 Å². The summed E-state index contributed by atoms with van der Waals surface area (Å²) in [5.74, 6) is 1.73. The average molecular weight is 385 g/mol. The summed E-state index contributed by atoms with van der Waals surface area (Å²) in [5.41, 5.74) is 4.64. The van der Waals surface area contributed by atoms with Crippen molar-refractivity contribution in [2.75, 3.05) is 27.2 Å². The third kappa shape index (κ3) is 3.92. The van der Waals surface area contributed by atoms with E-state index in [0.29, 0.717) is 12.3 Å². The molecule has 6 heteroatoms. The van der Waals surface area contributed by atoms with E-state index in [1.165, 1.54) is 11.1 Å². The molecule has 0 bridgehead atoms. The van der Waals surface area contributed by atoms with E-state index < -0.39 is 0 Å². The Morgan fingerprint density at radius 3 is 2.50 bits per heavy atom. The molecule has 152 valence electrons. The van der Waals surface area contributed by atoms with Crippen molar-refractivity contribution < 1.29 is 9.53 Å². The summed E-state index contributed by atoms with van der Waals surface area (Å²) in [6, 6.07) is 8.32. The summed E-state index contributed by atoms with van der Waals surface area (Å²) in [7, 11) is 5.56. The lowest BCUT2D eigenvalue weighted by molar-refractivity contribution is -0.127. The second-order valence-corrected chi connectivity index (χ2v) is 7.95. The van der Waals surface area contributed by atoms with Gasteiger partial charge in [0, 0.05) is 50.8 Å². The second kappa shape index (κ2) is 8.35. The summed E-state index contributed by atoms with van der Waals surface area (Å²) in [6.45, 7) is 8.03. The Morgan fingerprint density at radius 1 is 1.25 bits per heavy atom. The van der Waals surface area contributed by atoms with Crippen molar-refractivity contribution in [1.29, 1.82) is 0 Å². The van der Waals surface area contributed by atoms with Crippen LogP contribution >= 0.6 is 0 Å². The van der Waals surface area contributed by atoms with Gasteiger partial charge in [0.2, 0.25) is 5.91 Å². The minimum absolute atomic E-state index is 0.0880. The summed E-state index contributed by atoms with van der Waals surface area (Å²) >= 11 is 0. The van der Waals surface area contributed by atoms with Gasteiger partial charge < -0.3 is 15.0 Å². The topological polar surface area (TPSA) is 59.4 Å². The normalized spacial score (nSPS) is 20.6. The number of likely N-dealkylation sites (tertiary alicyclic amines) is 1. The number of hydrogen-bond acceptors (Lipinski definition) is 4. The number of aryl methyl sites for hydroxylation is 2. The molecule has 0 aliphatic carbocycles. The molecule has 1 aromatic heterocycles. The Hall–Kier alpha value is -2.34. The fourth-order valence-electron chi connectivity index (χ4n) is 4.32. The fraction of sp³-hybridized carbons (Fsp3) is 0.545. The van der Waals surface area contributed by atoms with Gasteiger partial charge in [-0.05, 0) is 37.5 Å². The molecule has 1 amide bonds. The van der Waals surface area contributed by atoms with Crippen LogP contribution in [-0.4, -0.2) is 47.8 Å². The summed E-state index contributed by atoms with van der Waals surface area (Å²) < 4.78 is 7.15. The van der Waals surface area contributed by atoms with Gasteiger partial charge in [0.05, 0.1) is 18.8 Å². The van der Waals surface area contributed by atoms with Crippen molar-refractivity contribution in [2.45, 2.75) is 39.2 Å². The predicted octanol–water partition coefficient (Wildman–Crippen LogP) is 2.96. The lowest BCUT2D eigenvalue weighted by Crippen LogP contribution is -2.31. The lowest BCUT2D eigenvalue weighted by Gasteiger charge is -2.26. The zero-order valence-electron chi connectivity index (χ0n) is 17.8. The van der Waals surface area contributed by atoms with Crippen LogP contribution in [0, 0.1) is 19.8 Å². The number of methoxy groups -OCH3 is 1. The third-order valence-electron chi connectivity index (χ3n) is 6.10. The van der Waals surface area contributed by atoms with Crippen molar-refractivity contribution in [3.05, 3.63) is 46.8 Å². The SMILES string of the molecule is COc1ccc([C@H](C)CNC[C@@H]2CC(=O)N(C)[C@H]2c2c(C)nn(C)c2C)cc1. The van der Waals surface area contributed by atoms with Crippen LogP contribution in [0.1, 0.15) is 47.8 Å². The van der Waals surface area contributed by atoms with Crippen LogP contribution in [0.25, 0.3) is 0 Å². The second-order valence-electron chi connectivity index (χ2n) is 7.95. The van der Waals surface area contributed by atoms with E-state index >= 15 is 0 Å². The van der Waals surface area contributed by atoms with Crippen LogP contribution in [0.3, 0.4) is 0 Å². The molecule has 0 saturated carbocycles. The molecule has 2 heterocycles. The minimum Gasteiger partial charge on any atom is -0.497 e. The summed E-state index contributed by atoms with van der Waals surface area (Å²) in [6.07, 6.45) is 0.582. The van der Waals surface area contributed by atoms with E-state index in [2.05, 4.69) is 36.4 Å². The third-order valence-corrected chi connectivity index (χ3v) is 6.10. The number of amides is 1. The molecule has 1 fully saturated rings. The molecule has 28 heavy (non-hydrogen) atoms. The Bertz CT molecular complexity index is 828. The fourth-order valence-corrected chi connectivity index (χ4v) is 4.32. The van der Waals surface area contributed by atoms with Crippen molar-refractivity contribution >= 4 is 5.91 Å². The average Bonchev–Trinajstić information content (AvgIpc) is 3.09. The number of carbonyl (C=O) groups excluding carboxylic acids is 1. The van der Waals surface area contributed by atoms with Gasteiger partial charge in [-0.25, -0.2) is 0 Å². The smallest absolute Gasteiger partial charge is 0.223 e. The maximum Gasteiger partial charge on any atom is 0.223 e. The van der Waals surface area contributed by atoms with Gasteiger partial charge in [-0.1, -0.05) is 19.1 Å². The molecule has 3 atom stereocenters. The number of ether oxygens (including phenoxy) is 1. The van der Waals surface area contributed by atoms with E-state index in [1.807, 2.05) is 42.7 Å². The molecule has 0 spiro atoms. The first-order chi connectivity index (χ1) is 13.3. The maximum atomic E-state index is 12.4. The number of carbonyl (C=O) groups is 1. The van der Waals surface area contributed by atoms with Crippen molar-refractivity contribution in [3.63, 3.8) is 0 Å². The molecule has 6 nitrogen and oxygen atoms in total. The zero-order chi connectivity index (χ0) is 20.4. The molecule has 3 rings (SSSR count). The van der Waals surface area contributed by atoms with E-state index in [-0.39, 0.29) is 17.9 Å². The Labute approximate surface area is 167 Å². The lowest BCUT2D eigenvalue weighted by atomic mass is 9.92. The Balaban J connectivity index is 1.66. The van der Waals surface area contributed by atoms with Crippen molar-refractivity contribution in [3.8, 4) is 5.75 Å². The highest BCUT2D eigenvalue weighted by Crippen LogP contribution is 2.39. The molecular weight excluding hydrogens is 352 g/mol. The van der Waals surface area contributed by atoms with Gasteiger partial charge in [-0.2, -0.15) is 5.10 Å². The molecule has 1 N–H and O–H groups in total. The van der Waals surface area contributed by atoms with Gasteiger partial charge in [0.1, 0.15) is 5.75 Å². The van der Waals surface area contributed by atoms with E-state index in [1.54, 1.807) is 7.11 Å². The first kappa shape index (κ1) is 20.4. The number of nitrogens with zero attached hydrogens (tertiary/aromatic N) is 3. The van der Waals surface area contributed by atoms with E-state index in [0.717, 1.165) is 30.2 Å². The predicted molar refractivity (Wildman–Crippen MR) is 111 cm³/mol. The standard InChI is InChI=1S/C22H32N4O2/c1-14(17-7-9-19(28-6)10-8-17)12-23-13-18-11-20(27)25(4)22(18)21-15(2)24-26(5)16(21)3/h7-10,14,18,22-23H,11-13H2,1-6H3/t14-,18+,22-/m1/s1. The molecular formula is C22H32N4O2. The number of nitrogens with one attached hydrogen (secondary N) is 1. The molecule has 0 unspecified atom stereocenters. The van der Waals surface area contributed by atoms with Gasteiger partial charge in [-0.15, -0.1) is 0 Å². The van der Waals surface area contributed by atoms with Crippen LogP contribution in [-0.2, 0) is 11.8 Å². The van der Waals surface area contributed by atoms with E-state index in [4.69, 9.17) is 4.74 Å². The number of benzene rings is 1. The number of hydrogen-bond donors (Lipinski definition) is 1. The monoisotopic (exact) mass is 384 g/mol. The molecule has 1 aliphatic rings. The molecule has 1 aliphatic heterocycles. The largest absolute Gasteiger partial charge is 0.497 e. The maximum absolute atomic E-state index is 12.4. The van der Waals surface area contributed by atoms with Crippen LogP contribution < -0.4 is 10.1 Å². The highest BCUT2D eigenvalue weighted by molar-refractivity contribution is 5.79. The molecule has 0 radical (unpaired) electrons. The van der Waals surface area contributed by atoms with Gasteiger partial charge in [0.25, 0.3) is 0 Å². The molecule has 2 aromatic rings. The number of rotatable bonds is 7. The highest BCUT2D eigenvalue weighted by Gasteiger charge is 2.40. The van der Waals surface area contributed by atoms with E-state index in [9.17, 15) is 4.79 Å². The first-order valence-electron chi connectivity index (χ1n) is 9.93. The Kier molecular flexibility index (Phi) is 6.08. The van der Waals surface area contributed by atoms with Crippen LogP contribution in [0.2, 0.25) is 0 Å². The van der Waals surface area contributed by atoms with Crippen LogP contribution in [0.4, 0.5) is 0 Å². The highest BCUT2D eigenvalue weighted by atomic mass is 16.5. The van der Waals surface area contributed by atoms with Crippen LogP contribution in [0.15, 0.2) is 24.3 Å². The van der Waals surface area contributed by atoms with Gasteiger partial charge in [-0.3, -0.25) is 9.48 Å². The van der Waals surface area contributed by atoms with Crippen molar-refractivity contribution in [1.82, 2.24) is 20.0 Å². The summed E-state index contributed by atoms with van der Waals surface area (Å²) in [4.78, 5) is 14.3. The van der Waals surface area contributed by atoms with Crippen molar-refractivity contribution in [2.24, 2.45) is 13.0 Å². The minimum atomic E-state index is 0.0880. The number of aromatic nitrogens is 2. The Morgan fingerprint density at radius 2 is 1.93 bits per heavy atom. The van der Waals surface area contributed by atoms with Gasteiger partial charge >= 0.3 is 0 Å². The quantitative estimate of drug-likeness (QED) is 0.797. The first-order valence-corrected chi connectivity index (χ1v) is 9.93. The van der Waals surface area contributed by atoms with Gasteiger partial charge in [0.15, 0.2) is 0 Å². The zero-order valence-corrected chi connectivity index (χ0v) is 17.8. The molecule has 1 aromatic carbocycles. The summed E-state index contributed by atoms with van der Waals surface area (Å²) in [5, 5.41) is 8.16.